The molecule has 1 N–H and O–H groups in total. The third-order valence-electron chi connectivity index (χ3n) is 1.71. The maximum atomic E-state index is 11.1. The molecule has 0 aliphatic carbocycles. The molecule has 0 heterocycles. The summed E-state index contributed by atoms with van der Waals surface area (Å²) in [6.07, 6.45) is 0. The van der Waals surface area contributed by atoms with Crippen molar-refractivity contribution in [2.24, 2.45) is 0 Å². The highest BCUT2D eigenvalue weighted by Gasteiger charge is 2.18. The van der Waals surface area contributed by atoms with E-state index in [1.165, 1.54) is 6.07 Å². The topological polar surface area (TPSA) is 78.2 Å². The molecular formula is C8H5Cl2NO3S. The van der Waals surface area contributed by atoms with Crippen LogP contribution in [-0.2, 0) is 14.9 Å². The molecule has 0 fully saturated rings. The molecule has 0 bridgehead atoms. The summed E-state index contributed by atoms with van der Waals surface area (Å²) in [4.78, 5) is -0.282. The van der Waals surface area contributed by atoms with Crippen LogP contribution in [0.15, 0.2) is 17.0 Å². The molecule has 0 radical (unpaired) electrons. The van der Waals surface area contributed by atoms with E-state index < -0.39 is 14.8 Å². The number of hydrogen-bond donors (Lipinski definition) is 1. The minimum Gasteiger partial charge on any atom is -0.507 e. The van der Waals surface area contributed by atoms with Crippen LogP contribution in [0.2, 0.25) is 0 Å². The molecule has 0 aliphatic rings. The van der Waals surface area contributed by atoms with Crippen molar-refractivity contribution in [3.05, 3.63) is 23.3 Å². The van der Waals surface area contributed by atoms with E-state index in [-0.39, 0.29) is 21.9 Å². The maximum Gasteiger partial charge on any atom is 0.261 e. The quantitative estimate of drug-likeness (QED) is 0.655. The number of nitriles is 1. The van der Waals surface area contributed by atoms with Crippen molar-refractivity contribution in [2.75, 3.05) is 0 Å². The second-order valence-electron chi connectivity index (χ2n) is 2.66. The van der Waals surface area contributed by atoms with Gasteiger partial charge in [0.25, 0.3) is 9.05 Å². The molecular weight excluding hydrogens is 261 g/mol. The zero-order chi connectivity index (χ0) is 11.6. The molecule has 0 aliphatic heterocycles. The number of phenolic OH excluding ortho intramolecular Hbond substituents is 1. The summed E-state index contributed by atoms with van der Waals surface area (Å²) in [5.41, 5.74) is 0.135. The number of halogens is 2. The Kier molecular flexibility index (Phi) is 3.45. The Morgan fingerprint density at radius 1 is 1.47 bits per heavy atom. The first-order chi connectivity index (χ1) is 6.90. The number of phenols is 1. The van der Waals surface area contributed by atoms with Crippen LogP contribution in [0.5, 0.6) is 5.75 Å². The van der Waals surface area contributed by atoms with Gasteiger partial charge in [0.2, 0.25) is 0 Å². The van der Waals surface area contributed by atoms with E-state index in [0.29, 0.717) is 0 Å². The molecule has 1 rings (SSSR count). The lowest BCUT2D eigenvalue weighted by Gasteiger charge is -2.05. The number of rotatable bonds is 2. The van der Waals surface area contributed by atoms with Crippen LogP contribution in [-0.4, -0.2) is 13.5 Å². The number of alkyl halides is 1. The monoisotopic (exact) mass is 265 g/mol. The van der Waals surface area contributed by atoms with Crippen LogP contribution in [0.4, 0.5) is 0 Å². The van der Waals surface area contributed by atoms with Crippen LogP contribution >= 0.6 is 22.3 Å². The Morgan fingerprint density at radius 3 is 2.47 bits per heavy atom. The Balaban J connectivity index is 3.57. The average molecular weight is 266 g/mol. The Morgan fingerprint density at radius 2 is 2.07 bits per heavy atom. The third-order valence-corrected chi connectivity index (χ3v) is 3.40. The molecule has 0 unspecified atom stereocenters. The lowest BCUT2D eigenvalue weighted by molar-refractivity contribution is 0.471. The van der Waals surface area contributed by atoms with E-state index in [9.17, 15) is 13.5 Å². The summed E-state index contributed by atoms with van der Waals surface area (Å²) >= 11 is 5.51. The average Bonchev–Trinajstić information content (AvgIpc) is 2.16. The van der Waals surface area contributed by atoms with Crippen molar-refractivity contribution < 1.29 is 13.5 Å². The smallest absolute Gasteiger partial charge is 0.261 e. The minimum absolute atomic E-state index is 0.0466. The highest BCUT2D eigenvalue weighted by Crippen LogP contribution is 2.28. The highest BCUT2D eigenvalue weighted by atomic mass is 35.7. The predicted octanol–water partition coefficient (Wildman–Crippen LogP) is 1.93. The lowest BCUT2D eigenvalue weighted by Crippen LogP contribution is -1.97. The summed E-state index contributed by atoms with van der Waals surface area (Å²) in [5.74, 6) is -0.554. The van der Waals surface area contributed by atoms with Crippen LogP contribution < -0.4 is 0 Å². The van der Waals surface area contributed by atoms with Gasteiger partial charge in [-0.05, 0) is 11.6 Å². The van der Waals surface area contributed by atoms with Gasteiger partial charge in [-0.15, -0.1) is 11.6 Å². The minimum atomic E-state index is -3.97. The summed E-state index contributed by atoms with van der Waals surface area (Å²) in [7, 11) is 1.15. The molecule has 4 nitrogen and oxygen atoms in total. The SMILES string of the molecule is N#Cc1cc(CCl)c(S(=O)(=O)Cl)cc1O. The number of hydrogen-bond acceptors (Lipinski definition) is 4. The molecule has 7 heteroatoms. The van der Waals surface area contributed by atoms with Gasteiger partial charge in [-0.1, -0.05) is 0 Å². The van der Waals surface area contributed by atoms with Gasteiger partial charge < -0.3 is 5.11 Å². The molecule has 0 amide bonds. The largest absolute Gasteiger partial charge is 0.507 e. The van der Waals surface area contributed by atoms with Gasteiger partial charge in [-0.25, -0.2) is 8.42 Å². The van der Waals surface area contributed by atoms with Crippen molar-refractivity contribution in [1.82, 2.24) is 0 Å². The molecule has 1 aromatic rings. The van der Waals surface area contributed by atoms with E-state index in [4.69, 9.17) is 27.5 Å². The van der Waals surface area contributed by atoms with Crippen LogP contribution in [0.1, 0.15) is 11.1 Å². The van der Waals surface area contributed by atoms with Gasteiger partial charge in [-0.2, -0.15) is 5.26 Å². The molecule has 0 atom stereocenters. The van der Waals surface area contributed by atoms with Crippen LogP contribution in [0, 0.1) is 11.3 Å². The lowest BCUT2D eigenvalue weighted by atomic mass is 10.1. The molecule has 80 valence electrons. The number of aromatic hydroxyl groups is 1. The molecule has 15 heavy (non-hydrogen) atoms. The predicted molar refractivity (Wildman–Crippen MR) is 55.4 cm³/mol. The van der Waals surface area contributed by atoms with Crippen molar-refractivity contribution in [3.8, 4) is 11.8 Å². The van der Waals surface area contributed by atoms with E-state index in [2.05, 4.69) is 0 Å². The van der Waals surface area contributed by atoms with Gasteiger partial charge in [0.1, 0.15) is 11.8 Å². The Bertz CT molecular complexity index is 534. The Hall–Kier alpha value is -0.960. The summed E-state index contributed by atoms with van der Waals surface area (Å²) in [6, 6.07) is 3.81. The molecule has 1 aromatic carbocycles. The van der Waals surface area contributed by atoms with Crippen LogP contribution in [0.25, 0.3) is 0 Å². The van der Waals surface area contributed by atoms with Gasteiger partial charge >= 0.3 is 0 Å². The second-order valence-corrected chi connectivity index (χ2v) is 5.46. The first-order valence-corrected chi connectivity index (χ1v) is 6.51. The van der Waals surface area contributed by atoms with Crippen molar-refractivity contribution >= 4 is 31.3 Å². The zero-order valence-electron chi connectivity index (χ0n) is 7.24. The number of nitrogens with zero attached hydrogens (tertiary/aromatic N) is 1. The summed E-state index contributed by atoms with van der Waals surface area (Å²) < 4.78 is 22.2. The van der Waals surface area contributed by atoms with Crippen LogP contribution in [0.3, 0.4) is 0 Å². The van der Waals surface area contributed by atoms with E-state index >= 15 is 0 Å². The summed E-state index contributed by atoms with van der Waals surface area (Å²) in [6.45, 7) is 0. The van der Waals surface area contributed by atoms with Crippen molar-refractivity contribution in [2.45, 2.75) is 10.8 Å². The maximum absolute atomic E-state index is 11.1. The standard InChI is InChI=1S/C8H5Cl2NO3S/c9-3-5-1-6(4-11)7(12)2-8(5)15(10,13)14/h1-2,12H,3H2. The van der Waals surface area contributed by atoms with E-state index in [0.717, 1.165) is 6.07 Å². The first-order valence-electron chi connectivity index (χ1n) is 3.66. The van der Waals surface area contributed by atoms with E-state index in [1.54, 1.807) is 6.07 Å². The zero-order valence-corrected chi connectivity index (χ0v) is 9.57. The number of benzene rings is 1. The van der Waals surface area contributed by atoms with Crippen molar-refractivity contribution in [1.29, 1.82) is 5.26 Å². The summed E-state index contributed by atoms with van der Waals surface area (Å²) in [5, 5.41) is 17.9. The second kappa shape index (κ2) is 4.27. The molecule has 0 spiro atoms. The van der Waals surface area contributed by atoms with Gasteiger partial charge in [0.15, 0.2) is 0 Å². The van der Waals surface area contributed by atoms with Gasteiger partial charge in [-0.3, -0.25) is 0 Å². The van der Waals surface area contributed by atoms with Crippen molar-refractivity contribution in [3.63, 3.8) is 0 Å². The fourth-order valence-electron chi connectivity index (χ4n) is 1.03. The fourth-order valence-corrected chi connectivity index (χ4v) is 2.46. The Labute approximate surface area is 96.1 Å². The van der Waals surface area contributed by atoms with E-state index in [1.807, 2.05) is 0 Å². The van der Waals surface area contributed by atoms with Gasteiger partial charge in [0, 0.05) is 22.6 Å². The normalized spacial score (nSPS) is 11.0. The van der Waals surface area contributed by atoms with Gasteiger partial charge in [0.05, 0.1) is 10.5 Å². The molecule has 0 saturated heterocycles. The fraction of sp³-hybridized carbons (Fsp3) is 0.125. The molecule has 0 aromatic heterocycles. The highest BCUT2D eigenvalue weighted by molar-refractivity contribution is 8.13. The first kappa shape index (κ1) is 12.1. The molecule has 0 saturated carbocycles. The third kappa shape index (κ3) is 2.53.